The maximum Gasteiger partial charge on any atom is 0.309 e. The van der Waals surface area contributed by atoms with Crippen LogP contribution in [0.5, 0.6) is 0 Å². The summed E-state index contributed by atoms with van der Waals surface area (Å²) in [7, 11) is 0. The summed E-state index contributed by atoms with van der Waals surface area (Å²) in [5, 5.41) is 31.6. The molecule has 0 radical (unpaired) electrons. The molecule has 3 aromatic carbocycles. The topological polar surface area (TPSA) is 134 Å². The minimum Gasteiger partial charge on any atom is -0.481 e. The number of aromatic nitrogens is 3. The maximum atomic E-state index is 12.7. The number of carbonyl (C=O) groups excluding carboxylic acids is 1. The Bertz CT molecular complexity index is 1450. The third kappa shape index (κ3) is 5.31. The molecule has 184 valence electrons. The first-order valence-electron chi connectivity index (χ1n) is 11.6. The van der Waals surface area contributed by atoms with Gasteiger partial charge < -0.3 is 15.5 Å². The van der Waals surface area contributed by atoms with Crippen molar-refractivity contribution in [3.05, 3.63) is 99.8 Å². The lowest BCUT2D eigenvalue weighted by molar-refractivity contribution is -0.146. The number of aliphatic hydroxyl groups is 1. The molecule has 3 N–H and O–H groups in total. The number of carbonyl (C=O) groups is 2. The van der Waals surface area contributed by atoms with E-state index >= 15 is 0 Å². The first kappa shape index (κ1) is 24.7. The predicted molar refractivity (Wildman–Crippen MR) is 135 cm³/mol. The molecule has 1 amide bonds. The van der Waals surface area contributed by atoms with Crippen molar-refractivity contribution in [2.24, 2.45) is 5.92 Å². The molecule has 4 aromatic rings. The fourth-order valence-electron chi connectivity index (χ4n) is 4.09. The first-order chi connectivity index (χ1) is 17.4. The van der Waals surface area contributed by atoms with Gasteiger partial charge in [-0.15, -0.1) is 5.10 Å². The number of aryl methyl sites for hydroxylation is 2. The number of carboxylic acid groups (broad SMARTS) is 1. The Kier molecular flexibility index (Phi) is 7.50. The SMILES string of the molecule is CCc1ccccc1C(=O)Nc1ccc([C@@H](O)[C@H](CCn2nnc3ccccc3c2=O)C(=O)O)cc1. The minimum atomic E-state index is -1.32. The molecule has 0 fully saturated rings. The van der Waals surface area contributed by atoms with Crippen LogP contribution in [0.2, 0.25) is 0 Å². The number of hydrogen-bond donors (Lipinski definition) is 3. The number of fused-ring (bicyclic) bond motifs is 1. The smallest absolute Gasteiger partial charge is 0.309 e. The number of aliphatic hydroxyl groups excluding tert-OH is 1. The molecule has 2 atom stereocenters. The molecule has 0 unspecified atom stereocenters. The van der Waals surface area contributed by atoms with E-state index in [0.29, 0.717) is 27.7 Å². The van der Waals surface area contributed by atoms with Gasteiger partial charge in [-0.25, -0.2) is 4.68 Å². The molecule has 0 saturated carbocycles. The van der Waals surface area contributed by atoms with E-state index in [9.17, 15) is 24.6 Å². The molecule has 1 heterocycles. The monoisotopic (exact) mass is 486 g/mol. The summed E-state index contributed by atoms with van der Waals surface area (Å²) in [6, 6.07) is 20.5. The summed E-state index contributed by atoms with van der Waals surface area (Å²) in [5.41, 5.74) is 2.50. The van der Waals surface area contributed by atoms with Crippen LogP contribution in [0, 0.1) is 5.92 Å². The van der Waals surface area contributed by atoms with Gasteiger partial charge in [0.25, 0.3) is 11.5 Å². The van der Waals surface area contributed by atoms with Crippen molar-refractivity contribution in [1.29, 1.82) is 0 Å². The number of rotatable bonds is 9. The van der Waals surface area contributed by atoms with Crippen LogP contribution in [-0.2, 0) is 17.8 Å². The van der Waals surface area contributed by atoms with Crippen LogP contribution in [0.1, 0.15) is 40.9 Å². The molecule has 9 nitrogen and oxygen atoms in total. The Morgan fingerprint density at radius 1 is 1.00 bits per heavy atom. The van der Waals surface area contributed by atoms with Crippen molar-refractivity contribution in [1.82, 2.24) is 15.0 Å². The zero-order valence-electron chi connectivity index (χ0n) is 19.7. The largest absolute Gasteiger partial charge is 0.481 e. The van der Waals surface area contributed by atoms with E-state index in [0.717, 1.165) is 16.7 Å². The number of benzene rings is 3. The highest BCUT2D eigenvalue weighted by Crippen LogP contribution is 2.27. The van der Waals surface area contributed by atoms with Gasteiger partial charge in [-0.1, -0.05) is 54.6 Å². The van der Waals surface area contributed by atoms with Crippen molar-refractivity contribution in [2.45, 2.75) is 32.4 Å². The zero-order chi connectivity index (χ0) is 25.7. The van der Waals surface area contributed by atoms with E-state index in [4.69, 9.17) is 0 Å². The molecule has 1 aromatic heterocycles. The number of anilines is 1. The second kappa shape index (κ2) is 10.9. The van der Waals surface area contributed by atoms with Crippen molar-refractivity contribution in [3.63, 3.8) is 0 Å². The summed E-state index contributed by atoms with van der Waals surface area (Å²) >= 11 is 0. The van der Waals surface area contributed by atoms with Gasteiger partial charge >= 0.3 is 5.97 Å². The fourth-order valence-corrected chi connectivity index (χ4v) is 4.09. The van der Waals surface area contributed by atoms with Crippen molar-refractivity contribution in [3.8, 4) is 0 Å². The van der Waals surface area contributed by atoms with Gasteiger partial charge in [0.1, 0.15) is 5.52 Å². The van der Waals surface area contributed by atoms with E-state index in [2.05, 4.69) is 15.6 Å². The summed E-state index contributed by atoms with van der Waals surface area (Å²) in [6.07, 6.45) is -0.630. The van der Waals surface area contributed by atoms with E-state index in [1.165, 1.54) is 0 Å². The highest BCUT2D eigenvalue weighted by atomic mass is 16.4. The molecular formula is C27H26N4O5. The molecule has 4 rings (SSSR count). The number of nitrogens with one attached hydrogen (secondary N) is 1. The van der Waals surface area contributed by atoms with Gasteiger partial charge in [0.05, 0.1) is 17.4 Å². The van der Waals surface area contributed by atoms with Gasteiger partial charge in [0, 0.05) is 17.8 Å². The van der Waals surface area contributed by atoms with E-state index in [1.54, 1.807) is 60.7 Å². The molecule has 0 bridgehead atoms. The van der Waals surface area contributed by atoms with Crippen LogP contribution >= 0.6 is 0 Å². The van der Waals surface area contributed by atoms with Gasteiger partial charge in [-0.05, 0) is 54.3 Å². The average Bonchev–Trinajstić information content (AvgIpc) is 2.90. The summed E-state index contributed by atoms with van der Waals surface area (Å²) < 4.78 is 1.11. The molecule has 0 aliphatic heterocycles. The summed E-state index contributed by atoms with van der Waals surface area (Å²) in [4.78, 5) is 37.2. The third-order valence-corrected chi connectivity index (χ3v) is 6.13. The highest BCUT2D eigenvalue weighted by Gasteiger charge is 2.28. The molecule has 0 aliphatic rings. The predicted octanol–water partition coefficient (Wildman–Crippen LogP) is 3.43. The Morgan fingerprint density at radius 2 is 1.69 bits per heavy atom. The quantitative estimate of drug-likeness (QED) is 0.330. The van der Waals surface area contributed by atoms with Crippen LogP contribution in [0.25, 0.3) is 10.9 Å². The van der Waals surface area contributed by atoms with Gasteiger partial charge in [0.15, 0.2) is 0 Å². The average molecular weight is 487 g/mol. The lowest BCUT2D eigenvalue weighted by atomic mass is 9.92. The standard InChI is InChI=1S/C27H26N4O5/c1-2-17-7-3-4-8-20(17)25(33)28-19-13-11-18(12-14-19)24(32)22(27(35)36)15-16-31-26(34)21-9-5-6-10-23(21)29-30-31/h3-14,22,24,32H,2,15-16H2,1H3,(H,28,33)(H,35,36)/t22-,24+/m0/s1. The molecular weight excluding hydrogens is 460 g/mol. The highest BCUT2D eigenvalue weighted by molar-refractivity contribution is 6.05. The van der Waals surface area contributed by atoms with Gasteiger partial charge in [0.2, 0.25) is 0 Å². The second-order valence-electron chi connectivity index (χ2n) is 8.40. The lowest BCUT2D eigenvalue weighted by Gasteiger charge is -2.20. The number of hydrogen-bond acceptors (Lipinski definition) is 6. The molecule has 0 spiro atoms. The van der Waals surface area contributed by atoms with Crippen LogP contribution in [-0.4, -0.2) is 37.1 Å². The van der Waals surface area contributed by atoms with E-state index < -0.39 is 18.0 Å². The first-order valence-corrected chi connectivity index (χ1v) is 11.6. The Morgan fingerprint density at radius 3 is 2.42 bits per heavy atom. The number of aliphatic carboxylic acids is 1. The summed E-state index contributed by atoms with van der Waals surface area (Å²) in [6.45, 7) is 1.96. The van der Waals surface area contributed by atoms with E-state index in [1.807, 2.05) is 19.1 Å². The van der Waals surface area contributed by atoms with Crippen molar-refractivity contribution >= 4 is 28.5 Å². The molecule has 0 aliphatic carbocycles. The number of nitrogens with zero attached hydrogens (tertiary/aromatic N) is 3. The van der Waals surface area contributed by atoms with Crippen LogP contribution < -0.4 is 10.9 Å². The van der Waals surface area contributed by atoms with Gasteiger partial charge in [-0.2, -0.15) is 0 Å². The molecule has 9 heteroatoms. The summed E-state index contributed by atoms with van der Waals surface area (Å²) in [5.74, 6) is -2.62. The van der Waals surface area contributed by atoms with Crippen LogP contribution in [0.3, 0.4) is 0 Å². The Labute approximate surface area is 207 Å². The second-order valence-corrected chi connectivity index (χ2v) is 8.40. The Balaban J connectivity index is 1.45. The minimum absolute atomic E-state index is 0.0182. The van der Waals surface area contributed by atoms with Crippen molar-refractivity contribution < 1.29 is 19.8 Å². The van der Waals surface area contributed by atoms with Crippen LogP contribution in [0.4, 0.5) is 5.69 Å². The maximum absolute atomic E-state index is 12.7. The normalized spacial score (nSPS) is 12.7. The van der Waals surface area contributed by atoms with Crippen LogP contribution in [0.15, 0.2) is 77.6 Å². The van der Waals surface area contributed by atoms with Crippen molar-refractivity contribution in [2.75, 3.05) is 5.32 Å². The molecule has 36 heavy (non-hydrogen) atoms. The third-order valence-electron chi connectivity index (χ3n) is 6.13. The number of carboxylic acids is 1. The van der Waals surface area contributed by atoms with Gasteiger partial charge in [-0.3, -0.25) is 14.4 Å². The van der Waals surface area contributed by atoms with E-state index in [-0.39, 0.29) is 24.4 Å². The lowest BCUT2D eigenvalue weighted by Crippen LogP contribution is -2.29. The number of amides is 1. The Hall–Kier alpha value is -4.37. The zero-order valence-corrected chi connectivity index (χ0v) is 19.7. The fraction of sp³-hybridized carbons (Fsp3) is 0.222. The molecule has 0 saturated heterocycles.